The number of hydrogen-bond acceptors (Lipinski definition) is 4. The molecule has 0 aliphatic carbocycles. The molecule has 4 nitrogen and oxygen atoms in total. The largest absolute Gasteiger partial charge is 0.373 e. The monoisotopic (exact) mass is 234 g/mol. The van der Waals surface area contributed by atoms with E-state index in [0.717, 1.165) is 18.2 Å². The van der Waals surface area contributed by atoms with Crippen LogP contribution in [0.5, 0.6) is 0 Å². The van der Waals surface area contributed by atoms with Crippen molar-refractivity contribution in [2.75, 3.05) is 38.6 Å². The summed E-state index contributed by atoms with van der Waals surface area (Å²) >= 11 is 0. The van der Waals surface area contributed by atoms with Crippen LogP contribution < -0.4 is 10.6 Å². The Morgan fingerprint density at radius 1 is 1.59 bits per heavy atom. The Morgan fingerprint density at radius 2 is 2.41 bits per heavy atom. The minimum Gasteiger partial charge on any atom is -0.373 e. The number of aromatic nitrogens is 1. The highest BCUT2D eigenvalue weighted by Crippen LogP contribution is 2.21. The van der Waals surface area contributed by atoms with E-state index in [-0.39, 0.29) is 0 Å². The van der Waals surface area contributed by atoms with Gasteiger partial charge in [-0.15, -0.1) is 0 Å². The number of nitrogens with zero attached hydrogens (tertiary/aromatic N) is 3. The van der Waals surface area contributed by atoms with Crippen molar-refractivity contribution in [3.05, 3.63) is 24.0 Å². The number of anilines is 1. The van der Waals surface area contributed by atoms with Gasteiger partial charge in [0.05, 0.1) is 11.4 Å². The van der Waals surface area contributed by atoms with Crippen molar-refractivity contribution in [3.63, 3.8) is 0 Å². The van der Waals surface area contributed by atoms with E-state index in [0.29, 0.717) is 6.54 Å². The number of rotatable bonds is 4. The van der Waals surface area contributed by atoms with Gasteiger partial charge < -0.3 is 15.5 Å². The van der Waals surface area contributed by atoms with Crippen molar-refractivity contribution in [2.45, 2.75) is 13.0 Å². The van der Waals surface area contributed by atoms with Gasteiger partial charge in [0.15, 0.2) is 0 Å². The molecule has 1 aromatic rings. The lowest BCUT2D eigenvalue weighted by Gasteiger charge is -2.24. The van der Waals surface area contributed by atoms with Crippen molar-refractivity contribution in [3.8, 4) is 0 Å². The summed E-state index contributed by atoms with van der Waals surface area (Å²) in [5.74, 6) is 0.760. The third-order valence-electron chi connectivity index (χ3n) is 3.49. The van der Waals surface area contributed by atoms with Gasteiger partial charge in [0.2, 0.25) is 0 Å². The Kier molecular flexibility index (Phi) is 3.97. The molecule has 1 saturated heterocycles. The van der Waals surface area contributed by atoms with Crippen LogP contribution in [0.1, 0.15) is 12.1 Å². The SMILES string of the molecule is CN1CCC(CN(C)c2cccnc2CN)C1. The van der Waals surface area contributed by atoms with Crippen molar-refractivity contribution >= 4 is 5.69 Å². The molecule has 4 heteroatoms. The molecule has 0 amide bonds. The van der Waals surface area contributed by atoms with E-state index in [4.69, 9.17) is 5.73 Å². The van der Waals surface area contributed by atoms with Crippen molar-refractivity contribution < 1.29 is 0 Å². The number of nitrogens with two attached hydrogens (primary N) is 1. The van der Waals surface area contributed by atoms with Crippen molar-refractivity contribution in [1.29, 1.82) is 0 Å². The first-order valence-corrected chi connectivity index (χ1v) is 6.24. The highest BCUT2D eigenvalue weighted by atomic mass is 15.2. The summed E-state index contributed by atoms with van der Waals surface area (Å²) in [6, 6.07) is 4.08. The van der Waals surface area contributed by atoms with Gasteiger partial charge in [0.1, 0.15) is 0 Å². The van der Waals surface area contributed by atoms with Crippen LogP contribution in [0.25, 0.3) is 0 Å². The maximum atomic E-state index is 5.72. The molecule has 1 aromatic heterocycles. The molecule has 0 saturated carbocycles. The molecule has 1 fully saturated rings. The van der Waals surface area contributed by atoms with E-state index in [1.165, 1.54) is 25.2 Å². The van der Waals surface area contributed by atoms with E-state index in [2.05, 4.69) is 34.9 Å². The van der Waals surface area contributed by atoms with Crippen LogP contribution in [-0.4, -0.2) is 43.6 Å². The lowest BCUT2D eigenvalue weighted by Crippen LogP contribution is -2.28. The average Bonchev–Trinajstić information content (AvgIpc) is 2.74. The first-order chi connectivity index (χ1) is 8.20. The second-order valence-electron chi connectivity index (χ2n) is 4.97. The Bertz CT molecular complexity index is 366. The van der Waals surface area contributed by atoms with Crippen LogP contribution in [0.15, 0.2) is 18.3 Å². The minimum atomic E-state index is 0.505. The van der Waals surface area contributed by atoms with Gasteiger partial charge in [-0.05, 0) is 38.1 Å². The molecule has 0 spiro atoms. The summed E-state index contributed by atoms with van der Waals surface area (Å²) in [5.41, 5.74) is 7.88. The summed E-state index contributed by atoms with van der Waals surface area (Å²) in [6.07, 6.45) is 3.10. The van der Waals surface area contributed by atoms with Crippen LogP contribution in [0.3, 0.4) is 0 Å². The maximum Gasteiger partial charge on any atom is 0.0772 e. The van der Waals surface area contributed by atoms with Gasteiger partial charge in [-0.3, -0.25) is 4.98 Å². The lowest BCUT2D eigenvalue weighted by atomic mass is 10.1. The third kappa shape index (κ3) is 2.96. The van der Waals surface area contributed by atoms with Gasteiger partial charge in [0.25, 0.3) is 0 Å². The third-order valence-corrected chi connectivity index (χ3v) is 3.49. The fourth-order valence-corrected chi connectivity index (χ4v) is 2.60. The summed E-state index contributed by atoms with van der Waals surface area (Å²) in [6.45, 7) is 4.01. The van der Waals surface area contributed by atoms with Gasteiger partial charge in [0, 0.05) is 32.9 Å². The van der Waals surface area contributed by atoms with Crippen LogP contribution in [0.2, 0.25) is 0 Å². The lowest BCUT2D eigenvalue weighted by molar-refractivity contribution is 0.396. The van der Waals surface area contributed by atoms with E-state index in [1.807, 2.05) is 12.3 Å². The zero-order chi connectivity index (χ0) is 12.3. The van der Waals surface area contributed by atoms with Gasteiger partial charge in [-0.1, -0.05) is 0 Å². The van der Waals surface area contributed by atoms with Crippen molar-refractivity contribution in [1.82, 2.24) is 9.88 Å². The van der Waals surface area contributed by atoms with E-state index >= 15 is 0 Å². The molecular weight excluding hydrogens is 212 g/mol. The highest BCUT2D eigenvalue weighted by Gasteiger charge is 2.21. The fraction of sp³-hybridized carbons (Fsp3) is 0.615. The summed E-state index contributed by atoms with van der Waals surface area (Å²) in [4.78, 5) is 9.02. The molecule has 2 rings (SSSR count). The predicted octanol–water partition coefficient (Wildman–Crippen LogP) is 0.928. The molecule has 0 radical (unpaired) electrons. The van der Waals surface area contributed by atoms with Gasteiger partial charge in [-0.25, -0.2) is 0 Å². The Hall–Kier alpha value is -1.13. The molecule has 1 unspecified atom stereocenters. The van der Waals surface area contributed by atoms with Gasteiger partial charge in [-0.2, -0.15) is 0 Å². The van der Waals surface area contributed by atoms with E-state index in [9.17, 15) is 0 Å². The van der Waals surface area contributed by atoms with Gasteiger partial charge >= 0.3 is 0 Å². The normalized spacial score (nSPS) is 20.8. The molecule has 1 aliphatic rings. The Balaban J connectivity index is 2.01. The zero-order valence-corrected chi connectivity index (χ0v) is 10.8. The molecule has 94 valence electrons. The topological polar surface area (TPSA) is 45.4 Å². The van der Waals surface area contributed by atoms with E-state index < -0.39 is 0 Å². The first kappa shape index (κ1) is 12.3. The second-order valence-corrected chi connectivity index (χ2v) is 4.97. The van der Waals surface area contributed by atoms with E-state index in [1.54, 1.807) is 0 Å². The van der Waals surface area contributed by atoms with Crippen molar-refractivity contribution in [2.24, 2.45) is 11.7 Å². The smallest absolute Gasteiger partial charge is 0.0772 e. The minimum absolute atomic E-state index is 0.505. The molecular formula is C13H22N4. The zero-order valence-electron chi connectivity index (χ0n) is 10.8. The highest BCUT2D eigenvalue weighted by molar-refractivity contribution is 5.49. The molecule has 1 atom stereocenters. The molecule has 0 aromatic carbocycles. The molecule has 1 aliphatic heterocycles. The van der Waals surface area contributed by atoms with Crippen LogP contribution in [-0.2, 0) is 6.54 Å². The second kappa shape index (κ2) is 5.47. The molecule has 2 heterocycles. The average molecular weight is 234 g/mol. The predicted molar refractivity (Wildman–Crippen MR) is 71.0 cm³/mol. The fourth-order valence-electron chi connectivity index (χ4n) is 2.60. The number of hydrogen-bond donors (Lipinski definition) is 1. The van der Waals surface area contributed by atoms with Crippen LogP contribution >= 0.6 is 0 Å². The first-order valence-electron chi connectivity index (χ1n) is 6.24. The van der Waals surface area contributed by atoms with Crippen LogP contribution in [0.4, 0.5) is 5.69 Å². The number of pyridine rings is 1. The number of likely N-dealkylation sites (tertiary alicyclic amines) is 1. The van der Waals surface area contributed by atoms with Crippen LogP contribution in [0, 0.1) is 5.92 Å². The Labute approximate surface area is 103 Å². The molecule has 2 N–H and O–H groups in total. The molecule has 0 bridgehead atoms. The molecule has 17 heavy (non-hydrogen) atoms. The Morgan fingerprint density at radius 3 is 3.06 bits per heavy atom. The summed E-state index contributed by atoms with van der Waals surface area (Å²) in [5, 5.41) is 0. The maximum absolute atomic E-state index is 5.72. The summed E-state index contributed by atoms with van der Waals surface area (Å²) < 4.78 is 0. The quantitative estimate of drug-likeness (QED) is 0.842. The standard InChI is InChI=1S/C13H22N4/c1-16-7-5-11(9-16)10-17(2)13-4-3-6-15-12(13)8-14/h3-4,6,11H,5,7-10,14H2,1-2H3. The summed E-state index contributed by atoms with van der Waals surface area (Å²) in [7, 11) is 4.32.